The van der Waals surface area contributed by atoms with E-state index in [-0.39, 0.29) is 5.97 Å². The zero-order chi connectivity index (χ0) is 11.3. The van der Waals surface area contributed by atoms with Crippen molar-refractivity contribution in [2.24, 2.45) is 5.92 Å². The van der Waals surface area contributed by atoms with Crippen LogP contribution in [-0.2, 0) is 16.0 Å². The molecule has 0 unspecified atom stereocenters. The largest absolute Gasteiger partial charge is 0.465 e. The quantitative estimate of drug-likeness (QED) is 0.769. The van der Waals surface area contributed by atoms with Crippen LogP contribution >= 0.6 is 11.3 Å². The summed E-state index contributed by atoms with van der Waals surface area (Å²) in [5, 5.41) is 8.68. The van der Waals surface area contributed by atoms with E-state index in [9.17, 15) is 4.79 Å². The van der Waals surface area contributed by atoms with Crippen molar-refractivity contribution in [3.63, 3.8) is 0 Å². The summed E-state index contributed by atoms with van der Waals surface area (Å²) in [5.74, 6) is 0.170. The third-order valence-corrected chi connectivity index (χ3v) is 2.42. The molecule has 15 heavy (non-hydrogen) atoms. The van der Waals surface area contributed by atoms with Crippen LogP contribution in [0.15, 0.2) is 0 Å². The molecule has 6 heteroatoms. The van der Waals surface area contributed by atoms with Crippen molar-refractivity contribution in [1.82, 2.24) is 10.2 Å². The van der Waals surface area contributed by atoms with Gasteiger partial charge < -0.3 is 10.5 Å². The van der Waals surface area contributed by atoms with E-state index in [4.69, 9.17) is 10.5 Å². The molecule has 0 aliphatic heterocycles. The van der Waals surface area contributed by atoms with Gasteiger partial charge in [0.2, 0.25) is 5.13 Å². The van der Waals surface area contributed by atoms with Gasteiger partial charge >= 0.3 is 5.97 Å². The molecule has 0 aliphatic rings. The van der Waals surface area contributed by atoms with Gasteiger partial charge in [0.25, 0.3) is 0 Å². The molecule has 1 aromatic rings. The topological polar surface area (TPSA) is 78.1 Å². The Kier molecular flexibility index (Phi) is 4.48. The summed E-state index contributed by atoms with van der Waals surface area (Å²) in [7, 11) is 0. The first kappa shape index (κ1) is 11.9. The summed E-state index contributed by atoms with van der Waals surface area (Å²) in [6, 6.07) is 0. The molecule has 5 nitrogen and oxygen atoms in total. The number of rotatable bonds is 5. The summed E-state index contributed by atoms with van der Waals surface area (Å²) < 4.78 is 5.02. The van der Waals surface area contributed by atoms with Gasteiger partial charge in [-0.05, 0) is 5.92 Å². The minimum atomic E-state index is -0.197. The number of nitrogens with zero attached hydrogens (tertiary/aromatic N) is 2. The number of esters is 1. The van der Waals surface area contributed by atoms with Crippen molar-refractivity contribution in [3.8, 4) is 0 Å². The number of aromatic nitrogens is 2. The minimum Gasteiger partial charge on any atom is -0.465 e. The van der Waals surface area contributed by atoms with Crippen LogP contribution in [0.25, 0.3) is 0 Å². The molecule has 0 spiro atoms. The van der Waals surface area contributed by atoms with E-state index in [0.29, 0.717) is 30.5 Å². The zero-order valence-electron chi connectivity index (χ0n) is 8.90. The Hall–Kier alpha value is -1.17. The van der Waals surface area contributed by atoms with E-state index in [0.717, 1.165) is 5.01 Å². The first-order chi connectivity index (χ1) is 7.08. The van der Waals surface area contributed by atoms with E-state index in [1.807, 2.05) is 13.8 Å². The predicted molar refractivity (Wildman–Crippen MR) is 58.4 cm³/mol. The van der Waals surface area contributed by atoms with Crippen molar-refractivity contribution >= 4 is 22.4 Å². The average Bonchev–Trinajstić information content (AvgIpc) is 2.58. The molecule has 0 amide bonds. The van der Waals surface area contributed by atoms with E-state index in [1.165, 1.54) is 11.3 Å². The third kappa shape index (κ3) is 4.73. The smallest absolute Gasteiger partial charge is 0.306 e. The predicted octanol–water partition coefficient (Wildman–Crippen LogP) is 1.25. The SMILES string of the molecule is CC(C)COC(=O)CCc1nnc(N)s1. The monoisotopic (exact) mass is 229 g/mol. The van der Waals surface area contributed by atoms with Crippen LogP contribution in [0.1, 0.15) is 25.3 Å². The molecule has 0 saturated carbocycles. The van der Waals surface area contributed by atoms with Crippen molar-refractivity contribution in [3.05, 3.63) is 5.01 Å². The highest BCUT2D eigenvalue weighted by molar-refractivity contribution is 7.15. The molecule has 0 aromatic carbocycles. The average molecular weight is 229 g/mol. The lowest BCUT2D eigenvalue weighted by atomic mass is 10.2. The van der Waals surface area contributed by atoms with Crippen LogP contribution in [0.2, 0.25) is 0 Å². The van der Waals surface area contributed by atoms with Crippen LogP contribution in [0.5, 0.6) is 0 Å². The Morgan fingerprint density at radius 1 is 1.53 bits per heavy atom. The van der Waals surface area contributed by atoms with E-state index >= 15 is 0 Å². The molecular weight excluding hydrogens is 214 g/mol. The van der Waals surface area contributed by atoms with Crippen LogP contribution in [0.3, 0.4) is 0 Å². The summed E-state index contributed by atoms with van der Waals surface area (Å²) in [6.45, 7) is 4.47. The summed E-state index contributed by atoms with van der Waals surface area (Å²) in [6.07, 6.45) is 0.882. The molecule has 0 aliphatic carbocycles. The Morgan fingerprint density at radius 3 is 2.80 bits per heavy atom. The Bertz CT molecular complexity index is 325. The zero-order valence-corrected chi connectivity index (χ0v) is 9.71. The first-order valence-corrected chi connectivity index (χ1v) is 5.63. The van der Waals surface area contributed by atoms with Crippen molar-refractivity contribution < 1.29 is 9.53 Å². The first-order valence-electron chi connectivity index (χ1n) is 4.81. The molecule has 1 aromatic heterocycles. The van der Waals surface area contributed by atoms with Gasteiger partial charge in [0.15, 0.2) is 0 Å². The molecule has 1 rings (SSSR count). The van der Waals surface area contributed by atoms with E-state index in [2.05, 4.69) is 10.2 Å². The second-order valence-electron chi connectivity index (χ2n) is 3.61. The van der Waals surface area contributed by atoms with Gasteiger partial charge in [-0.25, -0.2) is 0 Å². The highest BCUT2D eigenvalue weighted by atomic mass is 32.1. The maximum absolute atomic E-state index is 11.2. The van der Waals surface area contributed by atoms with Gasteiger partial charge in [-0.3, -0.25) is 4.79 Å². The van der Waals surface area contributed by atoms with Crippen molar-refractivity contribution in [2.45, 2.75) is 26.7 Å². The number of aryl methyl sites for hydroxylation is 1. The maximum atomic E-state index is 11.2. The number of nitrogen functional groups attached to an aromatic ring is 1. The molecule has 84 valence electrons. The number of carbonyl (C=O) groups is 1. The fourth-order valence-corrected chi connectivity index (χ4v) is 1.52. The molecule has 0 fully saturated rings. The van der Waals surface area contributed by atoms with Crippen LogP contribution in [0.4, 0.5) is 5.13 Å². The highest BCUT2D eigenvalue weighted by Gasteiger charge is 2.07. The number of ether oxygens (including phenoxy) is 1. The number of carbonyl (C=O) groups excluding carboxylic acids is 1. The fraction of sp³-hybridized carbons (Fsp3) is 0.667. The van der Waals surface area contributed by atoms with Gasteiger partial charge in [0.1, 0.15) is 5.01 Å². The van der Waals surface area contributed by atoms with E-state index < -0.39 is 0 Å². The second-order valence-corrected chi connectivity index (χ2v) is 4.70. The molecule has 0 bridgehead atoms. The normalized spacial score (nSPS) is 10.6. The molecule has 0 saturated heterocycles. The summed E-state index contributed by atoms with van der Waals surface area (Å²) >= 11 is 1.30. The lowest BCUT2D eigenvalue weighted by Gasteiger charge is -2.05. The number of nitrogens with two attached hydrogens (primary N) is 1. The Labute approximate surface area is 92.6 Å². The summed E-state index contributed by atoms with van der Waals surface area (Å²) in [4.78, 5) is 11.2. The van der Waals surface area contributed by atoms with Crippen molar-refractivity contribution in [1.29, 1.82) is 0 Å². The molecule has 2 N–H and O–H groups in total. The third-order valence-electron chi connectivity index (χ3n) is 1.60. The maximum Gasteiger partial charge on any atom is 0.306 e. The molecule has 0 atom stereocenters. The van der Waals surface area contributed by atoms with Gasteiger partial charge in [-0.2, -0.15) is 0 Å². The second kappa shape index (κ2) is 5.65. The lowest BCUT2D eigenvalue weighted by molar-refractivity contribution is -0.144. The van der Waals surface area contributed by atoms with Gasteiger partial charge in [0, 0.05) is 6.42 Å². The van der Waals surface area contributed by atoms with Crippen molar-refractivity contribution in [2.75, 3.05) is 12.3 Å². The highest BCUT2D eigenvalue weighted by Crippen LogP contribution is 2.12. The lowest BCUT2D eigenvalue weighted by Crippen LogP contribution is -2.10. The summed E-state index contributed by atoms with van der Waals surface area (Å²) in [5.41, 5.74) is 5.41. The minimum absolute atomic E-state index is 0.197. The van der Waals surface area contributed by atoms with Crippen LogP contribution in [-0.4, -0.2) is 22.8 Å². The van der Waals surface area contributed by atoms with Crippen LogP contribution < -0.4 is 5.73 Å². The van der Waals surface area contributed by atoms with E-state index in [1.54, 1.807) is 0 Å². The molecular formula is C9H15N3O2S. The van der Waals surface area contributed by atoms with Gasteiger partial charge in [-0.1, -0.05) is 25.2 Å². The van der Waals surface area contributed by atoms with Gasteiger partial charge in [-0.15, -0.1) is 10.2 Å². The standard InChI is InChI=1S/C9H15N3O2S/c1-6(2)5-14-8(13)4-3-7-11-12-9(10)15-7/h6H,3-5H2,1-2H3,(H2,10,12). The van der Waals surface area contributed by atoms with Crippen LogP contribution in [0, 0.1) is 5.92 Å². The Balaban J connectivity index is 2.22. The fourth-order valence-electron chi connectivity index (χ4n) is 0.908. The van der Waals surface area contributed by atoms with Gasteiger partial charge in [0.05, 0.1) is 13.0 Å². The number of anilines is 1. The number of hydrogen-bond donors (Lipinski definition) is 1. The molecule has 1 heterocycles. The molecule has 0 radical (unpaired) electrons. The number of hydrogen-bond acceptors (Lipinski definition) is 6. The Morgan fingerprint density at radius 2 is 2.27 bits per heavy atom.